The van der Waals surface area contributed by atoms with Gasteiger partial charge in [-0.05, 0) is 30.2 Å². The Morgan fingerprint density at radius 2 is 2.18 bits per heavy atom. The van der Waals surface area contributed by atoms with Gasteiger partial charge in [0.05, 0.1) is 30.0 Å². The third-order valence-corrected chi connectivity index (χ3v) is 4.73. The number of hydrogen-bond acceptors (Lipinski definition) is 4. The van der Waals surface area contributed by atoms with Crippen LogP contribution < -0.4 is 15.4 Å². The molecule has 2 aromatic rings. The van der Waals surface area contributed by atoms with E-state index in [1.807, 2.05) is 13.1 Å². The Morgan fingerprint density at radius 1 is 1.39 bits per heavy atom. The average molecular weight is 396 g/mol. The van der Waals surface area contributed by atoms with Crippen molar-refractivity contribution in [3.05, 3.63) is 41.7 Å². The molecule has 0 aliphatic carbocycles. The average Bonchev–Trinajstić information content (AvgIpc) is 3.28. The SMILES string of the molecule is CCCOc1ccc(C(F)(F)F)cc1NC(=O)[C@H]1CNC[C@@H]1c1cnn(C)c1. The Labute approximate surface area is 161 Å². The maximum absolute atomic E-state index is 13.1. The fourth-order valence-electron chi connectivity index (χ4n) is 3.30. The summed E-state index contributed by atoms with van der Waals surface area (Å²) in [5.74, 6) is -0.635. The molecule has 1 aromatic carbocycles. The zero-order valence-electron chi connectivity index (χ0n) is 15.7. The number of halogens is 3. The number of nitrogens with one attached hydrogen (secondary N) is 2. The van der Waals surface area contributed by atoms with Gasteiger partial charge < -0.3 is 15.4 Å². The van der Waals surface area contributed by atoms with Crippen molar-refractivity contribution in [3.8, 4) is 5.75 Å². The highest BCUT2D eigenvalue weighted by Crippen LogP contribution is 2.36. The molecule has 2 heterocycles. The van der Waals surface area contributed by atoms with Crippen LogP contribution in [-0.4, -0.2) is 35.4 Å². The summed E-state index contributed by atoms with van der Waals surface area (Å²) in [4.78, 5) is 12.9. The van der Waals surface area contributed by atoms with Gasteiger partial charge in [-0.15, -0.1) is 0 Å². The highest BCUT2D eigenvalue weighted by atomic mass is 19.4. The first kappa shape index (κ1) is 20.2. The largest absolute Gasteiger partial charge is 0.491 e. The minimum atomic E-state index is -4.50. The number of amides is 1. The van der Waals surface area contributed by atoms with Crippen LogP contribution in [-0.2, 0) is 18.0 Å². The molecular weight excluding hydrogens is 373 g/mol. The summed E-state index contributed by atoms with van der Waals surface area (Å²) < 4.78 is 46.5. The molecule has 28 heavy (non-hydrogen) atoms. The Kier molecular flexibility index (Phi) is 5.93. The van der Waals surface area contributed by atoms with Crippen LogP contribution in [0.1, 0.15) is 30.4 Å². The van der Waals surface area contributed by atoms with Gasteiger partial charge in [-0.3, -0.25) is 9.48 Å². The third-order valence-electron chi connectivity index (χ3n) is 4.73. The number of carbonyl (C=O) groups excluding carboxylic acids is 1. The van der Waals surface area contributed by atoms with Crippen LogP contribution >= 0.6 is 0 Å². The second-order valence-electron chi connectivity index (χ2n) is 6.86. The Bertz CT molecular complexity index is 835. The molecule has 2 N–H and O–H groups in total. The number of rotatable bonds is 6. The lowest BCUT2D eigenvalue weighted by atomic mass is 9.90. The predicted molar refractivity (Wildman–Crippen MR) is 98.2 cm³/mol. The number of alkyl halides is 3. The number of hydrogen-bond donors (Lipinski definition) is 2. The van der Waals surface area contributed by atoms with E-state index < -0.39 is 17.7 Å². The molecule has 1 aliphatic rings. The molecule has 0 saturated carbocycles. The van der Waals surface area contributed by atoms with Gasteiger partial charge in [-0.2, -0.15) is 18.3 Å². The monoisotopic (exact) mass is 396 g/mol. The molecule has 1 aromatic heterocycles. The van der Waals surface area contributed by atoms with E-state index in [2.05, 4.69) is 15.7 Å². The molecule has 1 amide bonds. The summed E-state index contributed by atoms with van der Waals surface area (Å²) in [7, 11) is 1.79. The third kappa shape index (κ3) is 4.46. The Hall–Kier alpha value is -2.55. The first-order valence-corrected chi connectivity index (χ1v) is 9.13. The number of benzene rings is 1. The van der Waals surface area contributed by atoms with E-state index in [1.165, 1.54) is 6.07 Å². The maximum Gasteiger partial charge on any atom is 0.416 e. The topological polar surface area (TPSA) is 68.2 Å². The van der Waals surface area contributed by atoms with Crippen molar-refractivity contribution in [2.75, 3.05) is 25.0 Å². The van der Waals surface area contributed by atoms with Crippen LogP contribution in [0.25, 0.3) is 0 Å². The summed E-state index contributed by atoms with van der Waals surface area (Å²) in [5.41, 5.74) is 0.115. The number of anilines is 1. The number of nitrogens with zero attached hydrogens (tertiary/aromatic N) is 2. The molecule has 0 unspecified atom stereocenters. The number of aromatic nitrogens is 2. The molecule has 1 fully saturated rings. The van der Waals surface area contributed by atoms with E-state index in [0.717, 1.165) is 17.7 Å². The molecule has 0 radical (unpaired) electrons. The standard InChI is InChI=1S/C19H23F3N4O2/c1-3-6-28-17-5-4-13(19(20,21)22)7-16(17)25-18(27)15-10-23-9-14(15)12-8-24-26(2)11-12/h4-5,7-8,11,14-15,23H,3,6,9-10H2,1-2H3,(H,25,27)/t14-,15+/m1/s1. The van der Waals surface area contributed by atoms with Crippen molar-refractivity contribution in [1.82, 2.24) is 15.1 Å². The van der Waals surface area contributed by atoms with Crippen LogP contribution in [0.4, 0.5) is 18.9 Å². The lowest BCUT2D eigenvalue weighted by Gasteiger charge is -2.19. The van der Waals surface area contributed by atoms with Crippen LogP contribution in [0.5, 0.6) is 5.75 Å². The molecular formula is C19H23F3N4O2. The van der Waals surface area contributed by atoms with Crippen molar-refractivity contribution in [1.29, 1.82) is 0 Å². The molecule has 152 valence electrons. The second kappa shape index (κ2) is 8.22. The quantitative estimate of drug-likeness (QED) is 0.787. The first-order chi connectivity index (χ1) is 13.3. The minimum Gasteiger partial charge on any atom is -0.491 e. The first-order valence-electron chi connectivity index (χ1n) is 9.13. The summed E-state index contributed by atoms with van der Waals surface area (Å²) in [5, 5.41) is 9.96. The fourth-order valence-corrected chi connectivity index (χ4v) is 3.30. The molecule has 9 heteroatoms. The maximum atomic E-state index is 13.1. The van der Waals surface area contributed by atoms with Gasteiger partial charge in [0.1, 0.15) is 5.75 Å². The molecule has 2 atom stereocenters. The smallest absolute Gasteiger partial charge is 0.416 e. The normalized spacial score (nSPS) is 19.6. The summed E-state index contributed by atoms with van der Waals surface area (Å²) in [6.07, 6.45) is -0.254. The zero-order valence-corrected chi connectivity index (χ0v) is 15.7. The van der Waals surface area contributed by atoms with Crippen LogP contribution in [0.3, 0.4) is 0 Å². The fraction of sp³-hybridized carbons (Fsp3) is 0.474. The summed E-state index contributed by atoms with van der Waals surface area (Å²) in [6.45, 7) is 3.28. The lowest BCUT2D eigenvalue weighted by Crippen LogP contribution is -2.28. The number of carbonyl (C=O) groups is 1. The van der Waals surface area contributed by atoms with Crippen LogP contribution in [0.15, 0.2) is 30.6 Å². The van der Waals surface area contributed by atoms with Gasteiger partial charge in [0.15, 0.2) is 0 Å². The molecule has 1 aliphatic heterocycles. The molecule has 0 spiro atoms. The summed E-state index contributed by atoms with van der Waals surface area (Å²) >= 11 is 0. The zero-order chi connectivity index (χ0) is 20.3. The van der Waals surface area contributed by atoms with Crippen molar-refractivity contribution < 1.29 is 22.7 Å². The number of aryl methyl sites for hydroxylation is 1. The van der Waals surface area contributed by atoms with Crippen LogP contribution in [0, 0.1) is 5.92 Å². The van der Waals surface area contributed by atoms with Gasteiger partial charge in [0.2, 0.25) is 5.91 Å². The number of ether oxygens (including phenoxy) is 1. The van der Waals surface area contributed by atoms with E-state index >= 15 is 0 Å². The van der Waals surface area contributed by atoms with E-state index in [1.54, 1.807) is 17.9 Å². The Morgan fingerprint density at radius 3 is 2.82 bits per heavy atom. The molecule has 6 nitrogen and oxygen atoms in total. The lowest BCUT2D eigenvalue weighted by molar-refractivity contribution is -0.137. The van der Waals surface area contributed by atoms with E-state index in [-0.39, 0.29) is 23.3 Å². The molecule has 0 bridgehead atoms. The van der Waals surface area contributed by atoms with Gasteiger partial charge in [-0.25, -0.2) is 0 Å². The van der Waals surface area contributed by atoms with Crippen molar-refractivity contribution >= 4 is 11.6 Å². The van der Waals surface area contributed by atoms with Crippen molar-refractivity contribution in [2.24, 2.45) is 13.0 Å². The Balaban J connectivity index is 1.83. The second-order valence-corrected chi connectivity index (χ2v) is 6.86. The highest BCUT2D eigenvalue weighted by Gasteiger charge is 2.36. The van der Waals surface area contributed by atoms with Gasteiger partial charge in [0.25, 0.3) is 0 Å². The summed E-state index contributed by atoms with van der Waals surface area (Å²) in [6, 6.07) is 3.13. The van der Waals surface area contributed by atoms with Gasteiger partial charge in [0, 0.05) is 32.3 Å². The van der Waals surface area contributed by atoms with Gasteiger partial charge >= 0.3 is 6.18 Å². The van der Waals surface area contributed by atoms with Crippen molar-refractivity contribution in [2.45, 2.75) is 25.4 Å². The van der Waals surface area contributed by atoms with Crippen molar-refractivity contribution in [3.63, 3.8) is 0 Å². The molecule has 1 saturated heterocycles. The van der Waals surface area contributed by atoms with E-state index in [9.17, 15) is 18.0 Å². The van der Waals surface area contributed by atoms with E-state index in [0.29, 0.717) is 26.1 Å². The minimum absolute atomic E-state index is 0.0325. The van der Waals surface area contributed by atoms with Gasteiger partial charge in [-0.1, -0.05) is 6.92 Å². The predicted octanol–water partition coefficient (Wildman–Crippen LogP) is 3.17. The molecule has 3 rings (SSSR count). The highest BCUT2D eigenvalue weighted by molar-refractivity contribution is 5.95. The van der Waals surface area contributed by atoms with Crippen LogP contribution in [0.2, 0.25) is 0 Å². The van der Waals surface area contributed by atoms with E-state index in [4.69, 9.17) is 4.74 Å².